The fourth-order valence-corrected chi connectivity index (χ4v) is 6.13. The lowest BCUT2D eigenvalue weighted by molar-refractivity contribution is 0.670. The van der Waals surface area contributed by atoms with Crippen LogP contribution in [0, 0.1) is 0 Å². The number of fused-ring (bicyclic) bond motifs is 6. The summed E-state index contributed by atoms with van der Waals surface area (Å²) in [6.07, 6.45) is -0.554. The molecule has 44 heavy (non-hydrogen) atoms. The van der Waals surface area contributed by atoms with Gasteiger partial charge in [0.15, 0.2) is 0 Å². The van der Waals surface area contributed by atoms with Gasteiger partial charge < -0.3 is 4.42 Å². The van der Waals surface area contributed by atoms with Gasteiger partial charge in [-0.1, -0.05) is 151 Å². The Kier molecular flexibility index (Phi) is 3.22. The van der Waals surface area contributed by atoms with Gasteiger partial charge in [-0.3, -0.25) is 0 Å². The van der Waals surface area contributed by atoms with Crippen molar-refractivity contribution in [3.8, 4) is 22.3 Å². The zero-order valence-electron chi connectivity index (χ0n) is 38.0. The van der Waals surface area contributed by atoms with E-state index in [0.717, 1.165) is 21.9 Å². The third-order valence-electron chi connectivity index (χ3n) is 8.11. The van der Waals surface area contributed by atoms with Crippen molar-refractivity contribution < 1.29 is 25.0 Å². The number of rotatable bonds is 4. The van der Waals surface area contributed by atoms with Gasteiger partial charge in [0.25, 0.3) is 0 Å². The number of benzene rings is 8. The molecule has 0 aliphatic rings. The second-order valence-corrected chi connectivity index (χ2v) is 10.5. The van der Waals surface area contributed by atoms with Gasteiger partial charge in [0.05, 0.1) is 20.6 Å². The fourth-order valence-electron chi connectivity index (χ4n) is 6.13. The monoisotopic (exact) mass is 575 g/mol. The first-order chi connectivity index (χ1) is 28.1. The summed E-state index contributed by atoms with van der Waals surface area (Å²) in [6, 6.07) is 11.6. The van der Waals surface area contributed by atoms with Crippen LogP contribution in [0.4, 0.5) is 0 Å². The van der Waals surface area contributed by atoms with Gasteiger partial charge in [-0.15, -0.1) is 0 Å². The minimum Gasteiger partial charge on any atom is -0.455 e. The third kappa shape index (κ3) is 3.87. The summed E-state index contributed by atoms with van der Waals surface area (Å²) in [5, 5.41) is 0.888. The maximum atomic E-state index is 9.27. The molecule has 0 fully saturated rings. The molecule has 8 aromatic carbocycles. The summed E-state index contributed by atoms with van der Waals surface area (Å²) >= 11 is 0. The van der Waals surface area contributed by atoms with Crippen molar-refractivity contribution in [1.29, 1.82) is 0 Å². The molecule has 0 amide bonds. The number of para-hydroxylation sites is 2. The zero-order chi connectivity index (χ0) is 42.1. The van der Waals surface area contributed by atoms with E-state index in [0.29, 0.717) is 16.7 Å². The summed E-state index contributed by atoms with van der Waals surface area (Å²) in [7, 11) is 0. The summed E-state index contributed by atoms with van der Waals surface area (Å²) in [5.41, 5.74) is 3.14. The molecule has 1 nitrogen and oxygen atoms in total. The van der Waals surface area contributed by atoms with E-state index >= 15 is 0 Å². The lowest BCUT2D eigenvalue weighted by atomic mass is 9.85. The van der Waals surface area contributed by atoms with Gasteiger partial charge in [-0.05, 0) is 72.6 Å². The van der Waals surface area contributed by atoms with Gasteiger partial charge in [0.2, 0.25) is 0 Å². The average molecular weight is 576 g/mol. The molecule has 206 valence electrons. The summed E-state index contributed by atoms with van der Waals surface area (Å²) in [5.74, 6) is 0. The Bertz CT molecular complexity index is 3260. The van der Waals surface area contributed by atoms with Crippen molar-refractivity contribution in [2.75, 3.05) is 0 Å². The van der Waals surface area contributed by atoms with Crippen LogP contribution in [0.1, 0.15) is 31.7 Å². The molecular weight excluding hydrogens is 532 g/mol. The van der Waals surface area contributed by atoms with Gasteiger partial charge in [0.1, 0.15) is 11.2 Å². The Morgan fingerprint density at radius 1 is 0.477 bits per heavy atom. The SMILES string of the molecule is [2H]c1c([2H])c([2H])c2c(Cc3c4c([2H])c([2H])c([2H])c([2H])c4c(-c4ccc(-c5cccc6c5oc5ccccc56)cc4)c4c([2H])c([2H])c([2H])c([2H])c34)c([2H])c([2H])c([2H])c2c1[2H]. The Labute approximate surface area is 276 Å². The molecule has 0 spiro atoms. The van der Waals surface area contributed by atoms with Crippen LogP contribution in [0.2, 0.25) is 0 Å². The molecule has 1 heterocycles. The molecule has 1 heteroatoms. The van der Waals surface area contributed by atoms with Gasteiger partial charge >= 0.3 is 0 Å². The van der Waals surface area contributed by atoms with Crippen molar-refractivity contribution in [3.63, 3.8) is 0 Å². The Hall–Kier alpha value is -5.66. The minimum absolute atomic E-state index is 0.0646. The molecule has 9 aromatic rings. The van der Waals surface area contributed by atoms with Crippen LogP contribution < -0.4 is 0 Å². The topological polar surface area (TPSA) is 13.1 Å². The fraction of sp³-hybridized carbons (Fsp3) is 0.0233. The van der Waals surface area contributed by atoms with Gasteiger partial charge in [-0.2, -0.15) is 0 Å². The quantitative estimate of drug-likeness (QED) is 0.190. The molecule has 0 aliphatic carbocycles. The Balaban J connectivity index is 1.40. The average Bonchev–Trinajstić information content (AvgIpc) is 3.63. The number of furan rings is 1. The van der Waals surface area contributed by atoms with E-state index in [-0.39, 0.29) is 49.0 Å². The zero-order valence-corrected chi connectivity index (χ0v) is 23.0. The van der Waals surface area contributed by atoms with E-state index in [2.05, 4.69) is 0 Å². The van der Waals surface area contributed by atoms with E-state index < -0.39 is 97.1 Å². The van der Waals surface area contributed by atoms with Crippen molar-refractivity contribution >= 4 is 54.3 Å². The highest BCUT2D eigenvalue weighted by Crippen LogP contribution is 2.42. The van der Waals surface area contributed by atoms with E-state index in [1.165, 1.54) is 0 Å². The smallest absolute Gasteiger partial charge is 0.143 e. The highest BCUT2D eigenvalue weighted by atomic mass is 16.3. The standard InChI is InChI=1S/C43H28O/c1-2-14-32-28(11-1)12-9-13-31(32)27-40-34-15-3-5-18-37(34)42(38-19-6-4-16-35(38)40)30-25-23-29(24-26-30)33-20-10-21-39-36-17-7-8-22-41(36)44-43(33)39/h1-26H,27H2/i1D,2D,3D,4D,5D,6D,9D,11D,12D,13D,14D,15D,16D,18D,19D. The van der Waals surface area contributed by atoms with Crippen molar-refractivity contribution in [2.45, 2.75) is 6.42 Å². The second-order valence-electron chi connectivity index (χ2n) is 10.5. The summed E-state index contributed by atoms with van der Waals surface area (Å²) in [6.45, 7) is 0. The number of hydrogen-bond donors (Lipinski definition) is 0. The van der Waals surface area contributed by atoms with Crippen LogP contribution in [0.15, 0.2) is 162 Å². The second kappa shape index (κ2) is 9.97. The van der Waals surface area contributed by atoms with E-state index in [4.69, 9.17) is 19.5 Å². The normalized spacial score (nSPS) is 16.5. The highest BCUT2D eigenvalue weighted by Gasteiger charge is 2.17. The minimum atomic E-state index is -0.658. The lowest BCUT2D eigenvalue weighted by Crippen LogP contribution is -1.96. The molecule has 1 aromatic heterocycles. The maximum absolute atomic E-state index is 9.27. The van der Waals surface area contributed by atoms with Gasteiger partial charge in [0, 0.05) is 16.3 Å². The van der Waals surface area contributed by atoms with E-state index in [1.54, 1.807) is 24.3 Å². The molecule has 0 bridgehead atoms. The largest absolute Gasteiger partial charge is 0.455 e. The predicted octanol–water partition coefficient (Wildman–Crippen LogP) is 12.0. The first-order valence-corrected chi connectivity index (χ1v) is 14.0. The Morgan fingerprint density at radius 3 is 1.86 bits per heavy atom. The van der Waals surface area contributed by atoms with Crippen LogP contribution in [0.25, 0.3) is 76.5 Å². The predicted molar refractivity (Wildman–Crippen MR) is 186 cm³/mol. The molecule has 0 atom stereocenters. The van der Waals surface area contributed by atoms with Gasteiger partial charge in [-0.25, -0.2) is 0 Å². The molecule has 0 aliphatic heterocycles. The van der Waals surface area contributed by atoms with Crippen molar-refractivity contribution in [2.24, 2.45) is 0 Å². The van der Waals surface area contributed by atoms with E-state index in [1.807, 2.05) is 42.5 Å². The third-order valence-corrected chi connectivity index (χ3v) is 8.11. The van der Waals surface area contributed by atoms with Crippen LogP contribution in [0.5, 0.6) is 0 Å². The van der Waals surface area contributed by atoms with Crippen LogP contribution in [-0.2, 0) is 6.42 Å². The van der Waals surface area contributed by atoms with Crippen LogP contribution >= 0.6 is 0 Å². The molecular formula is C43H28O. The molecule has 0 unspecified atom stereocenters. The maximum Gasteiger partial charge on any atom is 0.143 e. The summed E-state index contributed by atoms with van der Waals surface area (Å²) in [4.78, 5) is 0. The molecule has 0 saturated carbocycles. The molecule has 0 radical (unpaired) electrons. The molecule has 0 saturated heterocycles. The van der Waals surface area contributed by atoms with E-state index in [9.17, 15) is 5.48 Å². The lowest BCUT2D eigenvalue weighted by Gasteiger charge is -2.18. The van der Waals surface area contributed by atoms with Crippen LogP contribution in [-0.4, -0.2) is 0 Å². The Morgan fingerprint density at radius 2 is 1.09 bits per heavy atom. The first kappa shape index (κ1) is 14.2. The molecule has 0 N–H and O–H groups in total. The summed E-state index contributed by atoms with van der Waals surface area (Å²) < 4.78 is 139. The van der Waals surface area contributed by atoms with Crippen LogP contribution in [0.3, 0.4) is 0 Å². The first-order valence-electron chi connectivity index (χ1n) is 21.5. The van der Waals surface area contributed by atoms with Crippen molar-refractivity contribution in [3.05, 3.63) is 168 Å². The molecule has 9 rings (SSSR count). The number of hydrogen-bond acceptors (Lipinski definition) is 1. The highest BCUT2D eigenvalue weighted by molar-refractivity contribution is 6.15. The van der Waals surface area contributed by atoms with Crippen molar-refractivity contribution in [1.82, 2.24) is 0 Å².